The molecular formula is C17H14ClFN4O2S. The second-order valence-electron chi connectivity index (χ2n) is 5.22. The molecule has 0 aliphatic carbocycles. The molecule has 0 aliphatic heterocycles. The summed E-state index contributed by atoms with van der Waals surface area (Å²) in [7, 11) is 0. The number of carbonyl (C=O) groups is 1. The summed E-state index contributed by atoms with van der Waals surface area (Å²) in [6, 6.07) is 7.62. The van der Waals surface area contributed by atoms with Crippen molar-refractivity contribution in [3.05, 3.63) is 53.2 Å². The van der Waals surface area contributed by atoms with Gasteiger partial charge in [0.2, 0.25) is 5.91 Å². The summed E-state index contributed by atoms with van der Waals surface area (Å²) in [6.07, 6.45) is 2.29. The van der Waals surface area contributed by atoms with E-state index in [1.54, 1.807) is 18.3 Å². The number of halogens is 2. The van der Waals surface area contributed by atoms with Gasteiger partial charge in [-0.3, -0.25) is 4.79 Å². The van der Waals surface area contributed by atoms with Gasteiger partial charge in [-0.15, -0.1) is 0 Å². The summed E-state index contributed by atoms with van der Waals surface area (Å²) in [6.45, 7) is 1.94. The molecule has 134 valence electrons. The molecule has 0 unspecified atom stereocenters. The highest BCUT2D eigenvalue weighted by Gasteiger charge is 2.11. The summed E-state index contributed by atoms with van der Waals surface area (Å²) in [5, 5.41) is 7.25. The van der Waals surface area contributed by atoms with Crippen molar-refractivity contribution >= 4 is 35.0 Å². The standard InChI is InChI=1S/C17H14ClFN4O2S/c1-2-14-22-17(25-23-14)10-3-6-16(20-8-10)26-9-15(24)21-13-5-4-11(18)7-12(13)19/h3-8H,2,9H2,1H3,(H,21,24). The second-order valence-corrected chi connectivity index (χ2v) is 6.65. The number of amides is 1. The zero-order valence-electron chi connectivity index (χ0n) is 13.7. The average molecular weight is 393 g/mol. The molecule has 6 nitrogen and oxygen atoms in total. The molecule has 0 bridgehead atoms. The number of pyridine rings is 1. The van der Waals surface area contributed by atoms with E-state index in [2.05, 4.69) is 20.4 Å². The highest BCUT2D eigenvalue weighted by molar-refractivity contribution is 7.99. The van der Waals surface area contributed by atoms with Crippen molar-refractivity contribution in [3.8, 4) is 11.5 Å². The largest absolute Gasteiger partial charge is 0.334 e. The topological polar surface area (TPSA) is 80.9 Å². The second kappa shape index (κ2) is 8.29. The minimum Gasteiger partial charge on any atom is -0.334 e. The Balaban J connectivity index is 1.56. The number of hydrogen-bond donors (Lipinski definition) is 1. The van der Waals surface area contributed by atoms with E-state index in [0.717, 1.165) is 6.07 Å². The smallest absolute Gasteiger partial charge is 0.259 e. The number of benzene rings is 1. The minimum atomic E-state index is -0.579. The van der Waals surface area contributed by atoms with Crippen molar-refractivity contribution < 1.29 is 13.7 Å². The van der Waals surface area contributed by atoms with Gasteiger partial charge in [-0.2, -0.15) is 4.98 Å². The molecule has 2 aromatic heterocycles. The molecule has 0 spiro atoms. The molecule has 1 amide bonds. The van der Waals surface area contributed by atoms with Gasteiger partial charge in [0.05, 0.1) is 22.0 Å². The molecule has 0 saturated heterocycles. The van der Waals surface area contributed by atoms with Crippen LogP contribution in [-0.2, 0) is 11.2 Å². The van der Waals surface area contributed by atoms with Gasteiger partial charge in [-0.1, -0.05) is 35.4 Å². The number of nitrogens with zero attached hydrogens (tertiary/aromatic N) is 3. The van der Waals surface area contributed by atoms with Crippen LogP contribution in [0.1, 0.15) is 12.7 Å². The fourth-order valence-electron chi connectivity index (χ4n) is 2.02. The Morgan fingerprint density at radius 3 is 2.85 bits per heavy atom. The molecule has 3 aromatic rings. The Labute approximate surface area is 158 Å². The SMILES string of the molecule is CCc1noc(-c2ccc(SCC(=O)Nc3ccc(Cl)cc3F)nc2)n1. The van der Waals surface area contributed by atoms with Crippen LogP contribution in [0.25, 0.3) is 11.5 Å². The van der Waals surface area contributed by atoms with Crippen molar-refractivity contribution in [1.82, 2.24) is 15.1 Å². The highest BCUT2D eigenvalue weighted by Crippen LogP contribution is 2.22. The molecule has 0 fully saturated rings. The molecule has 0 saturated carbocycles. The molecule has 26 heavy (non-hydrogen) atoms. The number of rotatable bonds is 6. The molecule has 0 atom stereocenters. The summed E-state index contributed by atoms with van der Waals surface area (Å²) in [4.78, 5) is 20.4. The fraction of sp³-hybridized carbons (Fsp3) is 0.176. The number of nitrogens with one attached hydrogen (secondary N) is 1. The van der Waals surface area contributed by atoms with E-state index in [-0.39, 0.29) is 22.4 Å². The number of thioether (sulfide) groups is 1. The number of aromatic nitrogens is 3. The van der Waals surface area contributed by atoms with Crippen molar-refractivity contribution in [3.63, 3.8) is 0 Å². The molecule has 2 heterocycles. The molecule has 1 N–H and O–H groups in total. The third kappa shape index (κ3) is 4.59. The van der Waals surface area contributed by atoms with Gasteiger partial charge in [0.15, 0.2) is 5.82 Å². The number of aryl methyl sites for hydroxylation is 1. The maximum Gasteiger partial charge on any atom is 0.259 e. The first-order valence-electron chi connectivity index (χ1n) is 7.72. The van der Waals surface area contributed by atoms with E-state index < -0.39 is 5.82 Å². The van der Waals surface area contributed by atoms with Crippen LogP contribution in [0.4, 0.5) is 10.1 Å². The predicted octanol–water partition coefficient (Wildman–Crippen LogP) is 4.22. The molecule has 3 rings (SSSR count). The van der Waals surface area contributed by atoms with Gasteiger partial charge in [0, 0.05) is 17.6 Å². The lowest BCUT2D eigenvalue weighted by atomic mass is 10.3. The van der Waals surface area contributed by atoms with E-state index in [1.165, 1.54) is 23.9 Å². The van der Waals surface area contributed by atoms with Crippen molar-refractivity contribution in [2.45, 2.75) is 18.4 Å². The Hall–Kier alpha value is -2.45. The normalized spacial score (nSPS) is 10.7. The van der Waals surface area contributed by atoms with Gasteiger partial charge < -0.3 is 9.84 Å². The average Bonchev–Trinajstić information content (AvgIpc) is 3.12. The van der Waals surface area contributed by atoms with Crippen LogP contribution in [0.15, 0.2) is 46.1 Å². The lowest BCUT2D eigenvalue weighted by molar-refractivity contribution is -0.113. The van der Waals surface area contributed by atoms with Gasteiger partial charge in [0.1, 0.15) is 5.82 Å². The maximum atomic E-state index is 13.7. The number of carbonyl (C=O) groups excluding carboxylic acids is 1. The van der Waals surface area contributed by atoms with Crippen LogP contribution in [-0.4, -0.2) is 26.8 Å². The number of hydrogen-bond acceptors (Lipinski definition) is 6. The van der Waals surface area contributed by atoms with Crippen LogP contribution in [0.2, 0.25) is 5.02 Å². The molecule has 0 aliphatic rings. The first-order chi connectivity index (χ1) is 12.5. The van der Waals surface area contributed by atoms with E-state index in [0.29, 0.717) is 28.7 Å². The van der Waals surface area contributed by atoms with E-state index in [1.807, 2.05) is 6.92 Å². The minimum absolute atomic E-state index is 0.0893. The summed E-state index contributed by atoms with van der Waals surface area (Å²) in [5.74, 6) is 0.205. The summed E-state index contributed by atoms with van der Waals surface area (Å²) in [5.41, 5.74) is 0.792. The van der Waals surface area contributed by atoms with Crippen LogP contribution in [0.3, 0.4) is 0 Å². The van der Waals surface area contributed by atoms with Crippen molar-refractivity contribution in [2.75, 3.05) is 11.1 Å². The quantitative estimate of drug-likeness (QED) is 0.632. The van der Waals surface area contributed by atoms with Crippen LogP contribution in [0, 0.1) is 5.82 Å². The van der Waals surface area contributed by atoms with E-state index in [9.17, 15) is 9.18 Å². The third-order valence-electron chi connectivity index (χ3n) is 3.32. The summed E-state index contributed by atoms with van der Waals surface area (Å²) >= 11 is 6.91. The van der Waals surface area contributed by atoms with Crippen molar-refractivity contribution in [1.29, 1.82) is 0 Å². The lowest BCUT2D eigenvalue weighted by Crippen LogP contribution is -2.15. The Bertz CT molecular complexity index is 917. The maximum absolute atomic E-state index is 13.7. The number of anilines is 1. The van der Waals surface area contributed by atoms with Gasteiger partial charge >= 0.3 is 0 Å². The first-order valence-corrected chi connectivity index (χ1v) is 9.08. The third-order valence-corrected chi connectivity index (χ3v) is 4.50. The van der Waals surface area contributed by atoms with Gasteiger partial charge in [0.25, 0.3) is 5.89 Å². The van der Waals surface area contributed by atoms with Crippen LogP contribution < -0.4 is 5.32 Å². The van der Waals surface area contributed by atoms with Gasteiger partial charge in [-0.25, -0.2) is 9.37 Å². The zero-order chi connectivity index (χ0) is 18.5. The molecule has 1 aromatic carbocycles. The zero-order valence-corrected chi connectivity index (χ0v) is 15.3. The Kier molecular flexibility index (Phi) is 5.85. The van der Waals surface area contributed by atoms with E-state index in [4.69, 9.17) is 16.1 Å². The summed E-state index contributed by atoms with van der Waals surface area (Å²) < 4.78 is 18.8. The van der Waals surface area contributed by atoms with E-state index >= 15 is 0 Å². The van der Waals surface area contributed by atoms with Crippen molar-refractivity contribution in [2.24, 2.45) is 0 Å². The van der Waals surface area contributed by atoms with Gasteiger partial charge in [-0.05, 0) is 30.3 Å². The molecule has 0 radical (unpaired) electrons. The highest BCUT2D eigenvalue weighted by atomic mass is 35.5. The first kappa shape index (κ1) is 18.3. The lowest BCUT2D eigenvalue weighted by Gasteiger charge is -2.06. The molecule has 9 heteroatoms. The Morgan fingerprint density at radius 1 is 1.35 bits per heavy atom. The van der Waals surface area contributed by atoms with Crippen LogP contribution >= 0.6 is 23.4 Å². The monoisotopic (exact) mass is 392 g/mol. The Morgan fingerprint density at radius 2 is 2.19 bits per heavy atom. The predicted molar refractivity (Wildman–Crippen MR) is 97.7 cm³/mol. The fourth-order valence-corrected chi connectivity index (χ4v) is 2.83. The van der Waals surface area contributed by atoms with Crippen LogP contribution in [0.5, 0.6) is 0 Å². The molecular weight excluding hydrogens is 379 g/mol.